The van der Waals surface area contributed by atoms with Crippen LogP contribution in [0.25, 0.3) is 11.2 Å². The number of rotatable bonds is 28. The molecule has 2 unspecified atom stereocenters. The van der Waals surface area contributed by atoms with Gasteiger partial charge in [-0.25, -0.2) is 28.6 Å². The normalized spacial score (nSPS) is 23.0. The van der Waals surface area contributed by atoms with E-state index in [9.17, 15) is 57.9 Å². The van der Waals surface area contributed by atoms with Gasteiger partial charge in [0.15, 0.2) is 23.3 Å². The number of aliphatic hydroxyl groups is 2. The Hall–Kier alpha value is -3.17. The minimum Gasteiger partial charge on any atom is -0.494 e. The third-order valence-corrected chi connectivity index (χ3v) is 14.6. The Kier molecular flexibility index (Phi) is 19.3. The zero-order valence-corrected chi connectivity index (χ0v) is 40.3. The van der Waals surface area contributed by atoms with Gasteiger partial charge in [-0.3, -0.25) is 32.5 Å². The fourth-order valence-corrected chi connectivity index (χ4v) is 10.3. The number of carbonyl (C=O) groups excluding carboxylic acids is 3. The zero-order valence-electron chi connectivity index (χ0n) is 36.0. The Morgan fingerprint density at radius 2 is 1.70 bits per heavy atom. The van der Waals surface area contributed by atoms with Gasteiger partial charge in [-0.05, 0) is 43.5 Å². The number of aromatic nitrogens is 4. The number of halogens is 1. The first kappa shape index (κ1) is 54.8. The second kappa shape index (κ2) is 23.6. The molecule has 0 aliphatic carbocycles. The topological polar surface area (TPSA) is 385 Å². The molecule has 67 heavy (non-hydrogen) atoms. The Morgan fingerprint density at radius 3 is 2.39 bits per heavy atom. The van der Waals surface area contributed by atoms with Gasteiger partial charge in [0.2, 0.25) is 16.9 Å². The number of unbranched alkanes of at least 4 members (excludes halogenated alkanes) is 3. The minimum absolute atomic E-state index is 0.0263. The number of nitrogens with zero attached hydrogens (tertiary/aromatic N) is 4. The Labute approximate surface area is 392 Å². The summed E-state index contributed by atoms with van der Waals surface area (Å²) in [6, 6.07) is 7.15. The first-order valence-electron chi connectivity index (χ1n) is 20.5. The molecule has 4 heterocycles. The van der Waals surface area contributed by atoms with Crippen molar-refractivity contribution < 1.29 is 90.0 Å². The number of nitrogens with one attached hydrogen (secondary N) is 2. The molecule has 2 aromatic heterocycles. The summed E-state index contributed by atoms with van der Waals surface area (Å²) in [5.41, 5.74) is 3.45. The number of aliphatic hydroxyl groups excluding tert-OH is 2. The van der Waals surface area contributed by atoms with Crippen LogP contribution in [0.4, 0.5) is 5.82 Å². The van der Waals surface area contributed by atoms with E-state index in [2.05, 4.69) is 34.4 Å². The third-order valence-electron chi connectivity index (χ3n) is 10.2. The molecular formula is C36H53ClN7O19P3S. The number of anilines is 1. The van der Waals surface area contributed by atoms with Crippen molar-refractivity contribution in [1.82, 2.24) is 30.2 Å². The van der Waals surface area contributed by atoms with Gasteiger partial charge in [0.1, 0.15) is 42.0 Å². The summed E-state index contributed by atoms with van der Waals surface area (Å²) in [4.78, 5) is 89.0. The van der Waals surface area contributed by atoms with Crippen molar-refractivity contribution in [3.05, 3.63) is 41.9 Å². The van der Waals surface area contributed by atoms with Crippen LogP contribution in [-0.4, -0.2) is 142 Å². The average Bonchev–Trinajstić information content (AvgIpc) is 3.83. The summed E-state index contributed by atoms with van der Waals surface area (Å²) >= 11 is 6.94. The Balaban J connectivity index is 0.965. The number of nitrogen functional groups attached to an aromatic ring is 1. The molecule has 0 saturated carbocycles. The van der Waals surface area contributed by atoms with Crippen LogP contribution < -0.4 is 21.1 Å². The highest BCUT2D eigenvalue weighted by atomic mass is 35.5. The molecule has 1 aromatic carbocycles. The van der Waals surface area contributed by atoms with Gasteiger partial charge in [-0.2, -0.15) is 4.31 Å². The highest BCUT2D eigenvalue weighted by molar-refractivity contribution is 8.13. The lowest BCUT2D eigenvalue weighted by atomic mass is 9.87. The maximum Gasteiger partial charge on any atom is 0.481 e. The number of benzene rings is 1. The quantitative estimate of drug-likeness (QED) is 0.0286. The van der Waals surface area contributed by atoms with Crippen LogP contribution in [0, 0.1) is 5.41 Å². The molecule has 5 rings (SSSR count). The number of amides is 2. The number of nitrogens with two attached hydrogens (primary N) is 1. The van der Waals surface area contributed by atoms with Crippen LogP contribution in [0.2, 0.25) is 5.02 Å². The second-order valence-electron chi connectivity index (χ2n) is 16.0. The van der Waals surface area contributed by atoms with E-state index in [-0.39, 0.29) is 41.6 Å². The average molecular weight is 1050 g/mol. The highest BCUT2D eigenvalue weighted by Gasteiger charge is 2.52. The number of ether oxygens (including phenoxy) is 3. The molecule has 10 N–H and O–H groups in total. The summed E-state index contributed by atoms with van der Waals surface area (Å²) in [5, 5.41) is 27.1. The largest absolute Gasteiger partial charge is 0.494 e. The van der Waals surface area contributed by atoms with E-state index >= 15 is 0 Å². The monoisotopic (exact) mass is 1050 g/mol. The number of thioether (sulfide) groups is 1. The van der Waals surface area contributed by atoms with Gasteiger partial charge < -0.3 is 60.4 Å². The lowest BCUT2D eigenvalue weighted by Crippen LogP contribution is -2.46. The van der Waals surface area contributed by atoms with Gasteiger partial charge in [-0.1, -0.05) is 50.1 Å². The predicted octanol–water partition coefficient (Wildman–Crippen LogP) is 2.12. The fourth-order valence-electron chi connectivity index (χ4n) is 6.44. The summed E-state index contributed by atoms with van der Waals surface area (Å²) in [6.07, 6.45) is -2.88. The van der Waals surface area contributed by atoms with Gasteiger partial charge in [0.05, 0.1) is 32.8 Å². The van der Waals surface area contributed by atoms with Crippen molar-refractivity contribution in [2.45, 2.75) is 88.6 Å². The number of phosphoric ester groups is 3. The van der Waals surface area contributed by atoms with Crippen molar-refractivity contribution in [2.24, 2.45) is 5.41 Å². The number of carbonyl (C=O) groups is 3. The van der Waals surface area contributed by atoms with Gasteiger partial charge in [0, 0.05) is 35.7 Å². The van der Waals surface area contributed by atoms with Crippen LogP contribution in [0.15, 0.2) is 36.9 Å². The maximum absolute atomic E-state index is 12.8. The molecule has 2 saturated heterocycles. The van der Waals surface area contributed by atoms with E-state index in [4.69, 9.17) is 40.6 Å². The summed E-state index contributed by atoms with van der Waals surface area (Å²) in [5.74, 6) is -0.445. The van der Waals surface area contributed by atoms with Crippen molar-refractivity contribution >= 4 is 80.7 Å². The van der Waals surface area contributed by atoms with Crippen molar-refractivity contribution in [3.8, 4) is 5.75 Å². The molecule has 8 atom stereocenters. The van der Waals surface area contributed by atoms with E-state index in [1.807, 2.05) is 12.1 Å². The standard InChI is InChI=1S/C36H53ClN7O19P3S/c1-35(2,29(47)32(48)40-13-11-25(45)39-14-16-67-34(49)36(19-58-36)12-5-3-4-6-15-57-23-9-7-22(37)8-10-23)18-60-66(55,56)63-65(53,54)59-17-24-28(62-64(50,51)52)27(46)33(61-24)44-21-43-26-30(38)41-20-42-31(26)44/h7-10,20-21,24,27-29,33,46-47H,3-6,11-19H2,1-2H3,(H,39,45)(H,40,48)(H,53,54)(H,55,56)(H2,38,41,42)(H2,50,51,52)/t24-,27-,28-,29+,33-,36+/m1/s1. The minimum atomic E-state index is -5.59. The fraction of sp³-hybridized carbons (Fsp3) is 0.611. The van der Waals surface area contributed by atoms with Gasteiger partial charge >= 0.3 is 23.5 Å². The smallest absolute Gasteiger partial charge is 0.481 e. The van der Waals surface area contributed by atoms with Crippen LogP contribution in [-0.2, 0) is 55.4 Å². The number of hydrogen-bond acceptors (Lipinski definition) is 20. The molecule has 3 aromatic rings. The first-order valence-corrected chi connectivity index (χ1v) is 26.4. The lowest BCUT2D eigenvalue weighted by molar-refractivity contribution is -0.137. The molecule has 0 bridgehead atoms. The zero-order chi connectivity index (χ0) is 49.2. The second-order valence-corrected chi connectivity index (χ2v) is 21.7. The molecule has 26 nitrogen and oxygen atoms in total. The van der Waals surface area contributed by atoms with Crippen LogP contribution in [0.1, 0.15) is 58.6 Å². The number of hydrogen-bond donors (Lipinski definition) is 9. The molecule has 31 heteroatoms. The number of imidazole rings is 1. The molecule has 2 amide bonds. The van der Waals surface area contributed by atoms with Crippen molar-refractivity contribution in [1.29, 1.82) is 0 Å². The molecule has 374 valence electrons. The van der Waals surface area contributed by atoms with Crippen molar-refractivity contribution in [3.63, 3.8) is 0 Å². The summed E-state index contributed by atoms with van der Waals surface area (Å²) in [7, 11) is -16.4. The molecule has 0 spiro atoms. The number of phosphoric acid groups is 3. The summed E-state index contributed by atoms with van der Waals surface area (Å²) in [6.45, 7) is 1.33. The summed E-state index contributed by atoms with van der Waals surface area (Å²) < 4.78 is 73.6. The van der Waals surface area contributed by atoms with Crippen LogP contribution >= 0.6 is 46.8 Å². The number of fused-ring (bicyclic) bond motifs is 1. The SMILES string of the molecule is CC(C)(COP(=O)(O)OP(=O)(O)OC[C@H]1O[C@@H](n2cnc3c(N)ncnc32)[C@H](O)[C@@H]1OP(=O)(O)O)[C@@H](O)C(=O)NCCC(=O)NCCSC(=O)[C@]1(CCCCCCOc2ccc(Cl)cc2)CO1. The van der Waals surface area contributed by atoms with Gasteiger partial charge in [0.25, 0.3) is 0 Å². The van der Waals surface area contributed by atoms with E-state index < -0.39 is 90.2 Å². The lowest BCUT2D eigenvalue weighted by Gasteiger charge is -2.30. The predicted molar refractivity (Wildman–Crippen MR) is 236 cm³/mol. The highest BCUT2D eigenvalue weighted by Crippen LogP contribution is 2.61. The molecule has 2 aliphatic rings. The van der Waals surface area contributed by atoms with Gasteiger partial charge in [-0.15, -0.1) is 0 Å². The van der Waals surface area contributed by atoms with Crippen molar-refractivity contribution in [2.75, 3.05) is 51.0 Å². The number of epoxide rings is 1. The third kappa shape index (κ3) is 16.5. The molecule has 2 fully saturated rings. The van der Waals surface area contributed by atoms with E-state index in [0.29, 0.717) is 30.4 Å². The molecular weight excluding hydrogens is 995 g/mol. The Bertz CT molecular complexity index is 2320. The van der Waals surface area contributed by atoms with Crippen LogP contribution in [0.5, 0.6) is 5.75 Å². The maximum atomic E-state index is 12.8. The first-order chi connectivity index (χ1) is 31.4. The van der Waals surface area contributed by atoms with E-state index in [1.165, 1.54) is 13.8 Å². The Morgan fingerprint density at radius 1 is 1.01 bits per heavy atom. The molecule has 2 aliphatic heterocycles. The van der Waals surface area contributed by atoms with Crippen LogP contribution in [0.3, 0.4) is 0 Å². The van der Waals surface area contributed by atoms with E-state index in [0.717, 1.165) is 60.4 Å². The molecule has 0 radical (unpaired) electrons. The van der Waals surface area contributed by atoms with E-state index in [1.54, 1.807) is 12.1 Å².